The molecular weight excluding hydrogens is 381 g/mol. The predicted octanol–water partition coefficient (Wildman–Crippen LogP) is 2.73. The van der Waals surface area contributed by atoms with Gasteiger partial charge in [-0.05, 0) is 48.0 Å². The van der Waals surface area contributed by atoms with Gasteiger partial charge in [-0.3, -0.25) is 14.1 Å². The molecule has 1 aromatic heterocycles. The minimum absolute atomic E-state index is 0.0411. The first-order valence-corrected chi connectivity index (χ1v) is 9.90. The summed E-state index contributed by atoms with van der Waals surface area (Å²) in [7, 11) is -4.01. The highest BCUT2D eigenvalue weighted by atomic mass is 32.2. The lowest BCUT2D eigenvalue weighted by molar-refractivity contribution is -0.119. The first kappa shape index (κ1) is 19.5. The summed E-state index contributed by atoms with van der Waals surface area (Å²) in [4.78, 5) is 16.4. The van der Waals surface area contributed by atoms with Gasteiger partial charge in [-0.25, -0.2) is 12.8 Å². The molecule has 6 nitrogen and oxygen atoms in total. The van der Waals surface area contributed by atoms with Crippen LogP contribution < -0.4 is 9.62 Å². The normalized spacial score (nSPS) is 11.0. The van der Waals surface area contributed by atoms with Crippen molar-refractivity contribution in [1.29, 1.82) is 0 Å². The molecule has 0 unspecified atom stereocenters. The van der Waals surface area contributed by atoms with Gasteiger partial charge in [-0.1, -0.05) is 24.3 Å². The van der Waals surface area contributed by atoms with Crippen LogP contribution in [0.1, 0.15) is 5.56 Å². The smallest absolute Gasteiger partial charge is 0.264 e. The average molecular weight is 399 g/mol. The summed E-state index contributed by atoms with van der Waals surface area (Å²) in [6.07, 6.45) is 3.23. The molecule has 0 fully saturated rings. The number of pyridine rings is 1. The van der Waals surface area contributed by atoms with E-state index < -0.39 is 28.3 Å². The van der Waals surface area contributed by atoms with Crippen LogP contribution in [-0.4, -0.2) is 25.9 Å². The van der Waals surface area contributed by atoms with Gasteiger partial charge in [0.25, 0.3) is 10.0 Å². The monoisotopic (exact) mass is 399 g/mol. The number of nitrogens with one attached hydrogen (secondary N) is 1. The van der Waals surface area contributed by atoms with Crippen LogP contribution in [-0.2, 0) is 21.4 Å². The largest absolute Gasteiger partial charge is 0.350 e. The molecule has 0 radical (unpaired) electrons. The van der Waals surface area contributed by atoms with E-state index in [1.54, 1.807) is 42.7 Å². The zero-order valence-corrected chi connectivity index (χ0v) is 15.6. The number of rotatable bonds is 7. The standard InChI is InChI=1S/C20H18FN3O3S/c21-17-8-10-18(11-9-17)24(28(26,27)19-6-2-1-3-7-19)15-20(25)23-14-16-5-4-12-22-13-16/h1-13H,14-15H2,(H,23,25). The number of carbonyl (C=O) groups is 1. The number of hydrogen-bond donors (Lipinski definition) is 1. The zero-order chi connectivity index (χ0) is 20.0. The maximum Gasteiger partial charge on any atom is 0.264 e. The van der Waals surface area contributed by atoms with Crippen LogP contribution in [0.3, 0.4) is 0 Å². The van der Waals surface area contributed by atoms with E-state index in [1.165, 1.54) is 24.3 Å². The summed E-state index contributed by atoms with van der Waals surface area (Å²) in [6.45, 7) is -0.224. The molecule has 0 saturated carbocycles. The van der Waals surface area contributed by atoms with E-state index in [9.17, 15) is 17.6 Å². The fourth-order valence-electron chi connectivity index (χ4n) is 2.53. The Morgan fingerprint density at radius 3 is 2.36 bits per heavy atom. The van der Waals surface area contributed by atoms with Crippen LogP contribution in [0.25, 0.3) is 0 Å². The molecule has 1 N–H and O–H groups in total. The lowest BCUT2D eigenvalue weighted by Gasteiger charge is -2.24. The highest BCUT2D eigenvalue weighted by molar-refractivity contribution is 7.92. The summed E-state index contributed by atoms with van der Waals surface area (Å²) >= 11 is 0. The molecule has 0 atom stereocenters. The second-order valence-corrected chi connectivity index (χ2v) is 7.80. The molecule has 0 bridgehead atoms. The number of carbonyl (C=O) groups excluding carboxylic acids is 1. The van der Waals surface area contributed by atoms with Crippen LogP contribution in [0, 0.1) is 5.82 Å². The minimum Gasteiger partial charge on any atom is -0.350 e. The quantitative estimate of drug-likeness (QED) is 0.663. The van der Waals surface area contributed by atoms with E-state index in [0.29, 0.717) is 0 Å². The third-order valence-corrected chi connectivity index (χ3v) is 5.73. The van der Waals surface area contributed by atoms with Crippen molar-refractivity contribution in [3.05, 3.63) is 90.5 Å². The number of nitrogens with zero attached hydrogens (tertiary/aromatic N) is 2. The Kier molecular flexibility index (Phi) is 6.00. The number of anilines is 1. The molecule has 0 aliphatic rings. The van der Waals surface area contributed by atoms with Crippen LogP contribution >= 0.6 is 0 Å². The van der Waals surface area contributed by atoms with Crippen molar-refractivity contribution >= 4 is 21.6 Å². The topological polar surface area (TPSA) is 79.4 Å². The number of sulfonamides is 1. The maximum absolute atomic E-state index is 13.3. The Balaban J connectivity index is 1.84. The number of amides is 1. The summed E-state index contributed by atoms with van der Waals surface area (Å²) in [5.41, 5.74) is 0.983. The van der Waals surface area contributed by atoms with Crippen molar-refractivity contribution in [1.82, 2.24) is 10.3 Å². The molecule has 0 aliphatic heterocycles. The average Bonchev–Trinajstić information content (AvgIpc) is 2.72. The van der Waals surface area contributed by atoms with Crippen LogP contribution in [0.15, 0.2) is 84.0 Å². The molecule has 1 heterocycles. The second kappa shape index (κ2) is 8.62. The maximum atomic E-state index is 13.3. The number of hydrogen-bond acceptors (Lipinski definition) is 4. The van der Waals surface area contributed by atoms with Gasteiger partial charge in [0.05, 0.1) is 10.6 Å². The van der Waals surface area contributed by atoms with Gasteiger partial charge in [0.15, 0.2) is 0 Å². The Hall–Kier alpha value is -3.26. The van der Waals surface area contributed by atoms with Crippen molar-refractivity contribution < 1.29 is 17.6 Å². The fraction of sp³-hybridized carbons (Fsp3) is 0.100. The Morgan fingerprint density at radius 2 is 1.71 bits per heavy atom. The van der Waals surface area contributed by atoms with Crippen molar-refractivity contribution in [2.45, 2.75) is 11.4 Å². The Labute approximate surface area is 162 Å². The van der Waals surface area contributed by atoms with Crippen molar-refractivity contribution in [3.63, 3.8) is 0 Å². The first-order chi connectivity index (χ1) is 13.5. The molecule has 0 aliphatic carbocycles. The van der Waals surface area contributed by atoms with Gasteiger partial charge in [-0.2, -0.15) is 0 Å². The van der Waals surface area contributed by atoms with Gasteiger partial charge in [0.1, 0.15) is 12.4 Å². The van der Waals surface area contributed by atoms with Gasteiger partial charge in [0, 0.05) is 18.9 Å². The Bertz CT molecular complexity index is 1030. The summed E-state index contributed by atoms with van der Waals surface area (Å²) < 4.78 is 40.4. The summed E-state index contributed by atoms with van der Waals surface area (Å²) in [6, 6.07) is 16.3. The number of benzene rings is 2. The van der Waals surface area contributed by atoms with Crippen LogP contribution in [0.5, 0.6) is 0 Å². The molecule has 3 aromatic rings. The van der Waals surface area contributed by atoms with E-state index in [0.717, 1.165) is 22.0 Å². The molecule has 8 heteroatoms. The predicted molar refractivity (Wildman–Crippen MR) is 103 cm³/mol. The minimum atomic E-state index is -4.01. The number of halogens is 1. The molecule has 0 spiro atoms. The summed E-state index contributed by atoms with van der Waals surface area (Å²) in [5.74, 6) is -0.991. The SMILES string of the molecule is O=C(CN(c1ccc(F)cc1)S(=O)(=O)c1ccccc1)NCc1cccnc1. The van der Waals surface area contributed by atoms with Crippen molar-refractivity contribution in [3.8, 4) is 0 Å². The van der Waals surface area contributed by atoms with Gasteiger partial charge in [-0.15, -0.1) is 0 Å². The highest BCUT2D eigenvalue weighted by Crippen LogP contribution is 2.23. The molecule has 2 aromatic carbocycles. The van der Waals surface area contributed by atoms with Crippen molar-refractivity contribution in [2.75, 3.05) is 10.8 Å². The van der Waals surface area contributed by atoms with Crippen LogP contribution in [0.4, 0.5) is 10.1 Å². The third-order valence-electron chi connectivity index (χ3n) is 3.95. The van der Waals surface area contributed by atoms with Gasteiger partial charge in [0.2, 0.25) is 5.91 Å². The molecule has 3 rings (SSSR count). The lowest BCUT2D eigenvalue weighted by atomic mass is 10.3. The van der Waals surface area contributed by atoms with E-state index >= 15 is 0 Å². The van der Waals surface area contributed by atoms with E-state index in [-0.39, 0.29) is 17.1 Å². The first-order valence-electron chi connectivity index (χ1n) is 8.46. The molecule has 144 valence electrons. The van der Waals surface area contributed by atoms with Crippen molar-refractivity contribution in [2.24, 2.45) is 0 Å². The fourth-order valence-corrected chi connectivity index (χ4v) is 3.97. The highest BCUT2D eigenvalue weighted by Gasteiger charge is 2.27. The van der Waals surface area contributed by atoms with E-state index in [1.807, 2.05) is 0 Å². The zero-order valence-electron chi connectivity index (χ0n) is 14.8. The molecular formula is C20H18FN3O3S. The third kappa shape index (κ3) is 4.72. The van der Waals surface area contributed by atoms with Gasteiger partial charge >= 0.3 is 0 Å². The second-order valence-electron chi connectivity index (χ2n) is 5.94. The molecule has 0 saturated heterocycles. The van der Waals surface area contributed by atoms with E-state index in [2.05, 4.69) is 10.3 Å². The Morgan fingerprint density at radius 1 is 1.00 bits per heavy atom. The van der Waals surface area contributed by atoms with E-state index in [4.69, 9.17) is 0 Å². The molecule has 1 amide bonds. The lowest BCUT2D eigenvalue weighted by Crippen LogP contribution is -2.40. The van der Waals surface area contributed by atoms with Gasteiger partial charge < -0.3 is 5.32 Å². The summed E-state index contributed by atoms with van der Waals surface area (Å²) in [5, 5.41) is 2.68. The van der Waals surface area contributed by atoms with Crippen LogP contribution in [0.2, 0.25) is 0 Å². The number of aromatic nitrogens is 1. The molecule has 28 heavy (non-hydrogen) atoms.